The molecular formula is C34H41N3O7. The van der Waals surface area contributed by atoms with Gasteiger partial charge in [-0.1, -0.05) is 31.2 Å². The summed E-state index contributed by atoms with van der Waals surface area (Å²) in [5, 5.41) is 46.1. The molecule has 4 unspecified atom stereocenters. The molecule has 10 nitrogen and oxygen atoms in total. The van der Waals surface area contributed by atoms with Crippen molar-refractivity contribution in [3.8, 4) is 5.75 Å². The van der Waals surface area contributed by atoms with Crippen LogP contribution in [0.5, 0.6) is 5.75 Å². The third-order valence-corrected chi connectivity index (χ3v) is 9.57. The van der Waals surface area contributed by atoms with Crippen molar-refractivity contribution in [3.63, 3.8) is 0 Å². The number of aliphatic hydroxyl groups excluding tert-OH is 2. The van der Waals surface area contributed by atoms with Crippen molar-refractivity contribution >= 4 is 28.9 Å². The van der Waals surface area contributed by atoms with Gasteiger partial charge in [-0.15, -0.1) is 0 Å². The molecule has 1 fully saturated rings. The number of aryl methyl sites for hydroxylation is 3. The lowest BCUT2D eigenvalue weighted by atomic mass is 9.57. The van der Waals surface area contributed by atoms with Gasteiger partial charge in [0.2, 0.25) is 5.78 Å². The molecule has 2 aromatic carbocycles. The number of carbonyl (C=O) groups excluding carboxylic acids is 3. The van der Waals surface area contributed by atoms with E-state index < -0.39 is 58.0 Å². The van der Waals surface area contributed by atoms with Crippen LogP contribution in [0.25, 0.3) is 5.76 Å². The molecule has 3 aliphatic rings. The number of hydrogen-bond acceptors (Lipinski definition) is 9. The Kier molecular flexibility index (Phi) is 8.11. The molecular weight excluding hydrogens is 562 g/mol. The Hall–Kier alpha value is -4.15. The van der Waals surface area contributed by atoms with Gasteiger partial charge in [0, 0.05) is 31.3 Å². The first-order chi connectivity index (χ1) is 20.7. The lowest BCUT2D eigenvalue weighted by Gasteiger charge is -2.50. The number of aromatic hydroxyl groups is 1. The summed E-state index contributed by atoms with van der Waals surface area (Å²) in [6.07, 6.45) is 3.29. The van der Waals surface area contributed by atoms with E-state index in [2.05, 4.69) is 25.1 Å². The number of fused-ring (bicyclic) bond motifs is 3. The van der Waals surface area contributed by atoms with Crippen LogP contribution in [-0.4, -0.2) is 82.6 Å². The number of anilines is 1. The molecule has 5 rings (SSSR count). The minimum absolute atomic E-state index is 0.0535. The smallest absolute Gasteiger partial charge is 0.255 e. The van der Waals surface area contributed by atoms with Crippen LogP contribution in [0.3, 0.4) is 0 Å². The average molecular weight is 604 g/mol. The maximum atomic E-state index is 14.1. The van der Waals surface area contributed by atoms with Crippen LogP contribution in [0, 0.1) is 11.8 Å². The van der Waals surface area contributed by atoms with Crippen LogP contribution in [0.15, 0.2) is 47.2 Å². The number of nitrogens with two attached hydrogens (primary N) is 1. The SMILES string of the molecule is CCc1cccc(CCCc2cc(N(C)C)c3c(c2O)C(O)=C2C(=O)C4(O)C(O)=C(C(N)=O)C(=O)C(N(C)C)C4CC2C3)c1. The number of benzene rings is 2. The van der Waals surface area contributed by atoms with Gasteiger partial charge in [0.05, 0.1) is 11.6 Å². The Morgan fingerprint density at radius 1 is 1.05 bits per heavy atom. The first kappa shape index (κ1) is 31.3. The fraction of sp³-hybridized carbons (Fsp3) is 0.441. The van der Waals surface area contributed by atoms with E-state index >= 15 is 0 Å². The largest absolute Gasteiger partial charge is 0.508 e. The van der Waals surface area contributed by atoms with Gasteiger partial charge in [0.25, 0.3) is 5.91 Å². The second-order valence-corrected chi connectivity index (χ2v) is 12.6. The zero-order valence-corrected chi connectivity index (χ0v) is 25.8. The molecule has 0 aromatic heterocycles. The minimum Gasteiger partial charge on any atom is -0.508 e. The van der Waals surface area contributed by atoms with Gasteiger partial charge in [0.15, 0.2) is 11.4 Å². The molecule has 6 N–H and O–H groups in total. The van der Waals surface area contributed by atoms with Gasteiger partial charge >= 0.3 is 0 Å². The molecule has 10 heteroatoms. The van der Waals surface area contributed by atoms with Crippen molar-refractivity contribution in [2.75, 3.05) is 33.1 Å². The van der Waals surface area contributed by atoms with E-state index in [-0.39, 0.29) is 29.7 Å². The molecule has 0 saturated heterocycles. The van der Waals surface area contributed by atoms with E-state index in [0.717, 1.165) is 24.9 Å². The third kappa shape index (κ3) is 4.77. The fourth-order valence-corrected chi connectivity index (χ4v) is 7.42. The predicted molar refractivity (Wildman–Crippen MR) is 166 cm³/mol. The Morgan fingerprint density at radius 2 is 1.73 bits per heavy atom. The van der Waals surface area contributed by atoms with Crippen molar-refractivity contribution in [2.24, 2.45) is 17.6 Å². The third-order valence-electron chi connectivity index (χ3n) is 9.57. The van der Waals surface area contributed by atoms with Gasteiger partial charge in [0.1, 0.15) is 22.8 Å². The highest BCUT2D eigenvalue weighted by molar-refractivity contribution is 6.24. The van der Waals surface area contributed by atoms with Crippen molar-refractivity contribution in [3.05, 3.63) is 75.1 Å². The van der Waals surface area contributed by atoms with E-state index in [4.69, 9.17) is 5.73 Å². The summed E-state index contributed by atoms with van der Waals surface area (Å²) < 4.78 is 0. The van der Waals surface area contributed by atoms with Crippen molar-refractivity contribution in [1.82, 2.24) is 4.90 Å². The molecule has 44 heavy (non-hydrogen) atoms. The first-order valence-corrected chi connectivity index (χ1v) is 15.0. The maximum absolute atomic E-state index is 14.1. The van der Waals surface area contributed by atoms with Crippen LogP contribution >= 0.6 is 0 Å². The number of ketones is 2. The summed E-state index contributed by atoms with van der Waals surface area (Å²) in [6.45, 7) is 2.11. The lowest BCUT2D eigenvalue weighted by Crippen LogP contribution is -2.65. The van der Waals surface area contributed by atoms with Gasteiger partial charge in [-0.25, -0.2) is 0 Å². The summed E-state index contributed by atoms with van der Waals surface area (Å²) in [6, 6.07) is 9.18. The average Bonchev–Trinajstić information content (AvgIpc) is 2.95. The van der Waals surface area contributed by atoms with Crippen LogP contribution in [-0.2, 0) is 40.1 Å². The summed E-state index contributed by atoms with van der Waals surface area (Å²) >= 11 is 0. The molecule has 3 aliphatic carbocycles. The minimum atomic E-state index is -2.66. The molecule has 0 radical (unpaired) electrons. The normalized spacial score (nSPS) is 24.8. The monoisotopic (exact) mass is 603 g/mol. The molecule has 0 spiro atoms. The van der Waals surface area contributed by atoms with E-state index in [1.165, 1.54) is 16.0 Å². The molecule has 0 heterocycles. The molecule has 1 amide bonds. The van der Waals surface area contributed by atoms with Crippen molar-refractivity contribution < 1.29 is 34.8 Å². The second-order valence-electron chi connectivity index (χ2n) is 12.6. The van der Waals surface area contributed by atoms with Gasteiger partial charge in [-0.2, -0.15) is 0 Å². The summed E-state index contributed by atoms with van der Waals surface area (Å²) in [5.74, 6) is -6.46. The highest BCUT2D eigenvalue weighted by Gasteiger charge is 2.64. The Morgan fingerprint density at radius 3 is 2.34 bits per heavy atom. The summed E-state index contributed by atoms with van der Waals surface area (Å²) in [5.41, 5.74) is 6.40. The number of Topliss-reactive ketones (excluding diaryl/α,β-unsaturated/α-hetero) is 2. The number of carbonyl (C=O) groups is 3. The fourth-order valence-electron chi connectivity index (χ4n) is 7.42. The second kappa shape index (κ2) is 11.4. The summed E-state index contributed by atoms with van der Waals surface area (Å²) in [7, 11) is 6.89. The maximum Gasteiger partial charge on any atom is 0.255 e. The lowest BCUT2D eigenvalue weighted by molar-refractivity contribution is -0.153. The molecule has 2 aromatic rings. The topological polar surface area (TPSA) is 165 Å². The Bertz CT molecular complexity index is 1620. The molecule has 0 aliphatic heterocycles. The number of amides is 1. The van der Waals surface area contributed by atoms with Gasteiger partial charge in [-0.05, 0) is 86.9 Å². The zero-order valence-electron chi connectivity index (χ0n) is 25.8. The van der Waals surface area contributed by atoms with Gasteiger partial charge in [-0.3, -0.25) is 19.3 Å². The number of likely N-dealkylation sites (N-methyl/N-ethyl adjacent to an activating group) is 1. The van der Waals surface area contributed by atoms with E-state index in [1.54, 1.807) is 14.1 Å². The quantitative estimate of drug-likeness (QED) is 0.285. The number of hydrogen-bond donors (Lipinski definition) is 5. The van der Waals surface area contributed by atoms with Gasteiger partial charge < -0.3 is 31.1 Å². The summed E-state index contributed by atoms with van der Waals surface area (Å²) in [4.78, 5) is 43.0. The van der Waals surface area contributed by atoms with E-state index in [9.17, 15) is 34.8 Å². The molecule has 4 atom stereocenters. The van der Waals surface area contributed by atoms with Crippen LogP contribution in [0.2, 0.25) is 0 Å². The Labute approximate surface area is 257 Å². The van der Waals surface area contributed by atoms with Crippen LogP contribution < -0.4 is 10.6 Å². The van der Waals surface area contributed by atoms with E-state index in [0.29, 0.717) is 17.5 Å². The number of rotatable bonds is 8. The van der Waals surface area contributed by atoms with E-state index in [1.807, 2.05) is 31.1 Å². The number of phenolic OH excluding ortho intramolecular Hbond substituents is 1. The molecule has 0 bridgehead atoms. The zero-order chi connectivity index (χ0) is 32.2. The number of aliphatic hydroxyl groups is 3. The van der Waals surface area contributed by atoms with Crippen molar-refractivity contribution in [2.45, 2.75) is 57.1 Å². The standard InChI is InChI=1S/C34H41N3O7/c1-6-17-9-7-10-18(13-17)11-8-12-19-16-23(36(2)3)21-14-20-15-22-27(37(4)5)30(40)26(33(35)43)32(42)34(22,44)31(41)24(20)29(39)25(21)28(19)38/h7,9-10,13,16,20,22,27,38-39,42,44H,6,8,11-12,14-15H2,1-5H3,(H2,35,43). The van der Waals surface area contributed by atoms with Crippen LogP contribution in [0.1, 0.15) is 47.6 Å². The predicted octanol–water partition coefficient (Wildman–Crippen LogP) is 2.77. The number of nitrogens with zero attached hydrogens (tertiary/aromatic N) is 2. The molecule has 234 valence electrons. The Balaban J connectivity index is 1.59. The molecule has 1 saturated carbocycles. The first-order valence-electron chi connectivity index (χ1n) is 15.0. The number of primary amides is 1. The highest BCUT2D eigenvalue weighted by Crippen LogP contribution is 2.54. The van der Waals surface area contributed by atoms with Crippen molar-refractivity contribution in [1.29, 1.82) is 0 Å². The highest BCUT2D eigenvalue weighted by atomic mass is 16.3. The van der Waals surface area contributed by atoms with Crippen LogP contribution in [0.4, 0.5) is 5.69 Å². The number of phenols is 1.